The van der Waals surface area contributed by atoms with Crippen molar-refractivity contribution in [3.63, 3.8) is 0 Å². The second kappa shape index (κ2) is 14.2. The molecule has 3 rings (SSSR count). The van der Waals surface area contributed by atoms with E-state index in [2.05, 4.69) is 16.7 Å². The lowest BCUT2D eigenvalue weighted by Crippen LogP contribution is -2.32. The van der Waals surface area contributed by atoms with Gasteiger partial charge in [-0.3, -0.25) is 0 Å². The van der Waals surface area contributed by atoms with Gasteiger partial charge in [0.1, 0.15) is 5.75 Å². The van der Waals surface area contributed by atoms with Crippen LogP contribution in [-0.2, 0) is 12.8 Å². The number of phenolic OH excluding ortho intramolecular Hbond substituents is 3. The molecule has 0 aliphatic carbocycles. The van der Waals surface area contributed by atoms with Gasteiger partial charge >= 0.3 is 0 Å². The van der Waals surface area contributed by atoms with Crippen LogP contribution in [0.25, 0.3) is 0 Å². The number of unbranched alkanes of at least 4 members (excludes halogenated alkanes) is 4. The van der Waals surface area contributed by atoms with E-state index in [1.165, 1.54) is 76.6 Å². The highest BCUT2D eigenvalue weighted by Crippen LogP contribution is 2.28. The summed E-state index contributed by atoms with van der Waals surface area (Å²) in [5.74, 6) is 0.283. The minimum Gasteiger partial charge on any atom is -0.508 e. The lowest BCUT2D eigenvalue weighted by molar-refractivity contribution is 0.242. The fraction of sp³-hybridized carbons (Fsp3) is 0.586. The monoisotopic (exact) mass is 468 g/mol. The molecule has 1 heterocycles. The molecule has 0 amide bonds. The van der Waals surface area contributed by atoms with Gasteiger partial charge in [-0.05, 0) is 107 Å². The molecule has 0 saturated carbocycles. The molecular weight excluding hydrogens is 424 g/mol. The average molecular weight is 469 g/mol. The third-order valence-electron chi connectivity index (χ3n) is 7.16. The maximum absolute atomic E-state index is 9.78. The first-order valence-electron chi connectivity index (χ1n) is 13.3. The summed E-state index contributed by atoms with van der Waals surface area (Å²) in [6, 6.07) is 13.4. The van der Waals surface area contributed by atoms with Gasteiger partial charge in [0, 0.05) is 12.6 Å². The molecule has 2 aromatic rings. The molecule has 1 atom stereocenters. The Balaban J connectivity index is 1.32. The predicted molar refractivity (Wildman–Crippen MR) is 140 cm³/mol. The number of benzene rings is 2. The zero-order valence-corrected chi connectivity index (χ0v) is 21.0. The number of phenols is 3. The maximum Gasteiger partial charge on any atom is 0.157 e. The summed E-state index contributed by atoms with van der Waals surface area (Å²) in [4.78, 5) is 5.23. The molecule has 1 aliphatic heterocycles. The van der Waals surface area contributed by atoms with E-state index in [1.807, 2.05) is 18.2 Å². The Labute approximate surface area is 206 Å². The Hall–Kier alpha value is -2.24. The maximum atomic E-state index is 9.78. The van der Waals surface area contributed by atoms with Crippen LogP contribution < -0.4 is 0 Å². The Morgan fingerprint density at radius 3 is 2.32 bits per heavy atom. The van der Waals surface area contributed by atoms with Crippen molar-refractivity contribution in [3.05, 3.63) is 53.6 Å². The first kappa shape index (κ1) is 26.4. The van der Waals surface area contributed by atoms with Crippen LogP contribution in [0.15, 0.2) is 42.5 Å². The Bertz CT molecular complexity index is 840. The van der Waals surface area contributed by atoms with Gasteiger partial charge in [0.15, 0.2) is 11.5 Å². The van der Waals surface area contributed by atoms with Crippen molar-refractivity contribution in [3.8, 4) is 17.2 Å². The number of hydrogen-bond donors (Lipinski definition) is 3. The molecule has 3 N–H and O–H groups in total. The van der Waals surface area contributed by atoms with E-state index in [0.717, 1.165) is 31.5 Å². The summed E-state index contributed by atoms with van der Waals surface area (Å²) in [5.41, 5.74) is 2.40. The van der Waals surface area contributed by atoms with E-state index in [4.69, 9.17) is 0 Å². The molecule has 188 valence electrons. The summed E-state index contributed by atoms with van der Waals surface area (Å²) in [5, 5.41) is 28.8. The minimum atomic E-state index is -0.0411. The zero-order chi connectivity index (χ0) is 24.2. The first-order chi connectivity index (χ1) is 16.5. The van der Waals surface area contributed by atoms with Crippen LogP contribution in [0.4, 0.5) is 0 Å². The van der Waals surface area contributed by atoms with Crippen LogP contribution in [0.2, 0.25) is 0 Å². The number of hydrogen-bond acceptors (Lipinski definition) is 5. The van der Waals surface area contributed by atoms with Crippen LogP contribution in [-0.4, -0.2) is 63.9 Å². The lowest BCUT2D eigenvalue weighted by atomic mass is 10.0. The van der Waals surface area contributed by atoms with Gasteiger partial charge in [-0.25, -0.2) is 0 Å². The topological polar surface area (TPSA) is 67.2 Å². The van der Waals surface area contributed by atoms with Crippen molar-refractivity contribution in [2.24, 2.45) is 0 Å². The summed E-state index contributed by atoms with van der Waals surface area (Å²) in [7, 11) is 0. The van der Waals surface area contributed by atoms with E-state index in [0.29, 0.717) is 11.8 Å². The Kier molecular flexibility index (Phi) is 11.0. The Morgan fingerprint density at radius 1 is 0.824 bits per heavy atom. The van der Waals surface area contributed by atoms with Gasteiger partial charge in [-0.15, -0.1) is 0 Å². The number of aromatic hydroxyl groups is 3. The molecule has 0 aromatic heterocycles. The van der Waals surface area contributed by atoms with Gasteiger partial charge in [0.25, 0.3) is 0 Å². The molecule has 1 fully saturated rings. The fourth-order valence-electron chi connectivity index (χ4n) is 5.06. The number of nitrogens with zero attached hydrogens (tertiary/aromatic N) is 2. The van der Waals surface area contributed by atoms with Crippen LogP contribution in [0.1, 0.15) is 69.4 Å². The van der Waals surface area contributed by atoms with Crippen molar-refractivity contribution in [1.29, 1.82) is 0 Å². The molecule has 0 radical (unpaired) electrons. The highest BCUT2D eigenvalue weighted by atomic mass is 16.3. The van der Waals surface area contributed by atoms with Crippen molar-refractivity contribution >= 4 is 0 Å². The van der Waals surface area contributed by atoms with E-state index >= 15 is 0 Å². The van der Waals surface area contributed by atoms with E-state index in [-0.39, 0.29) is 11.5 Å². The standard InChI is InChI=1S/C29H44N2O3/c1-2-3-17-30(21-16-24-10-13-27(32)14-11-24)18-6-4-5-7-19-31-20-8-9-26(31)22-25-12-15-28(33)29(34)23-25/h10-15,23,26,32-34H,2-9,16-22H2,1H3. The van der Waals surface area contributed by atoms with Gasteiger partial charge in [-0.1, -0.05) is 44.4 Å². The van der Waals surface area contributed by atoms with Crippen LogP contribution >= 0.6 is 0 Å². The number of rotatable bonds is 15. The zero-order valence-electron chi connectivity index (χ0n) is 21.0. The SMILES string of the molecule is CCCCN(CCCCCCN1CCCC1Cc1ccc(O)c(O)c1)CCc1ccc(O)cc1. The highest BCUT2D eigenvalue weighted by Gasteiger charge is 2.24. The van der Waals surface area contributed by atoms with E-state index in [1.54, 1.807) is 24.3 Å². The molecule has 1 saturated heterocycles. The average Bonchev–Trinajstić information content (AvgIpc) is 3.27. The lowest BCUT2D eigenvalue weighted by Gasteiger charge is -2.25. The Morgan fingerprint density at radius 2 is 1.56 bits per heavy atom. The molecule has 0 spiro atoms. The van der Waals surface area contributed by atoms with E-state index < -0.39 is 0 Å². The van der Waals surface area contributed by atoms with Gasteiger partial charge in [-0.2, -0.15) is 0 Å². The van der Waals surface area contributed by atoms with Crippen LogP contribution in [0, 0.1) is 0 Å². The molecule has 1 unspecified atom stereocenters. The van der Waals surface area contributed by atoms with E-state index in [9.17, 15) is 15.3 Å². The summed E-state index contributed by atoms with van der Waals surface area (Å²) in [6.07, 6.45) is 12.0. The van der Waals surface area contributed by atoms with Crippen molar-refractivity contribution < 1.29 is 15.3 Å². The first-order valence-corrected chi connectivity index (χ1v) is 13.3. The molecule has 2 aromatic carbocycles. The van der Waals surface area contributed by atoms with Crippen LogP contribution in [0.3, 0.4) is 0 Å². The second-order valence-electron chi connectivity index (χ2n) is 9.89. The van der Waals surface area contributed by atoms with Crippen molar-refractivity contribution in [2.45, 2.75) is 77.2 Å². The van der Waals surface area contributed by atoms with Crippen molar-refractivity contribution in [2.75, 3.05) is 32.7 Å². The normalized spacial score (nSPS) is 16.5. The summed E-state index contributed by atoms with van der Waals surface area (Å²) < 4.78 is 0. The quantitative estimate of drug-likeness (QED) is 0.231. The minimum absolute atomic E-state index is 0.0157. The van der Waals surface area contributed by atoms with Gasteiger partial charge < -0.3 is 25.1 Å². The summed E-state index contributed by atoms with van der Waals surface area (Å²) in [6.45, 7) is 8.04. The molecule has 5 heteroatoms. The smallest absolute Gasteiger partial charge is 0.157 e. The fourth-order valence-corrected chi connectivity index (χ4v) is 5.06. The van der Waals surface area contributed by atoms with Crippen molar-refractivity contribution in [1.82, 2.24) is 9.80 Å². The second-order valence-corrected chi connectivity index (χ2v) is 9.89. The van der Waals surface area contributed by atoms with Gasteiger partial charge in [0.05, 0.1) is 0 Å². The molecule has 0 bridgehead atoms. The third-order valence-corrected chi connectivity index (χ3v) is 7.16. The third kappa shape index (κ3) is 8.84. The summed E-state index contributed by atoms with van der Waals surface area (Å²) >= 11 is 0. The molecule has 34 heavy (non-hydrogen) atoms. The molecular formula is C29H44N2O3. The molecule has 5 nitrogen and oxygen atoms in total. The largest absolute Gasteiger partial charge is 0.508 e. The van der Waals surface area contributed by atoms with Gasteiger partial charge in [0.2, 0.25) is 0 Å². The highest BCUT2D eigenvalue weighted by molar-refractivity contribution is 5.40. The molecule has 1 aliphatic rings. The predicted octanol–water partition coefficient (Wildman–Crippen LogP) is 5.72. The number of likely N-dealkylation sites (tertiary alicyclic amines) is 1. The van der Waals surface area contributed by atoms with Crippen LogP contribution in [0.5, 0.6) is 17.2 Å².